The summed E-state index contributed by atoms with van der Waals surface area (Å²) in [6, 6.07) is 22.2. The molecule has 3 rings (SSSR count). The fraction of sp³-hybridized carbons (Fsp3) is 0.125. The molecule has 0 unspecified atom stereocenters. The number of hydrogen-bond donors (Lipinski definition) is 1. The second kappa shape index (κ2) is 9.99. The minimum Gasteiger partial charge on any atom is -0.485 e. The third-order valence-electron chi connectivity index (χ3n) is 4.09. The summed E-state index contributed by atoms with van der Waals surface area (Å²) in [7, 11) is 0. The van der Waals surface area contributed by atoms with Crippen LogP contribution in [0.25, 0.3) is 0 Å². The third-order valence-corrected chi connectivity index (χ3v) is 4.09. The van der Waals surface area contributed by atoms with Crippen LogP contribution in [0.3, 0.4) is 0 Å². The topological polar surface area (TPSA) is 65.0 Å². The van der Waals surface area contributed by atoms with Crippen LogP contribution in [0.2, 0.25) is 0 Å². The number of carboxylic acids is 1. The Balaban J connectivity index is 1.92. The van der Waals surface area contributed by atoms with Crippen molar-refractivity contribution in [1.82, 2.24) is 0 Å². The lowest BCUT2D eigenvalue weighted by Crippen LogP contribution is -2.06. The van der Waals surface area contributed by atoms with Crippen molar-refractivity contribution in [3.05, 3.63) is 102 Å². The number of carbonyl (C=O) groups is 1. The van der Waals surface area contributed by atoms with Crippen molar-refractivity contribution >= 4 is 5.97 Å². The van der Waals surface area contributed by atoms with Gasteiger partial charge in [-0.25, -0.2) is 4.79 Å². The van der Waals surface area contributed by atoms with Gasteiger partial charge in [-0.15, -0.1) is 0 Å². The summed E-state index contributed by atoms with van der Waals surface area (Å²) in [5.41, 5.74) is 1.98. The Bertz CT molecular complexity index is 952. The Hall–Kier alpha value is -3.73. The first-order valence-corrected chi connectivity index (χ1v) is 9.16. The number of benzene rings is 3. The summed E-state index contributed by atoms with van der Waals surface area (Å²) in [6.07, 6.45) is 1.58. The van der Waals surface area contributed by atoms with Gasteiger partial charge in [-0.2, -0.15) is 0 Å². The molecule has 0 radical (unpaired) electrons. The number of aromatic carboxylic acids is 1. The summed E-state index contributed by atoms with van der Waals surface area (Å²) >= 11 is 0. The van der Waals surface area contributed by atoms with E-state index in [1.165, 1.54) is 12.1 Å². The number of ether oxygens (including phenoxy) is 3. The molecule has 148 valence electrons. The molecule has 0 spiro atoms. The lowest BCUT2D eigenvalue weighted by Gasteiger charge is -2.18. The van der Waals surface area contributed by atoms with Crippen molar-refractivity contribution in [3.8, 4) is 17.2 Å². The number of carboxylic acid groups (broad SMARTS) is 1. The highest BCUT2D eigenvalue weighted by Gasteiger charge is 2.19. The predicted molar refractivity (Wildman–Crippen MR) is 111 cm³/mol. The average Bonchev–Trinajstić information content (AvgIpc) is 2.76. The van der Waals surface area contributed by atoms with Gasteiger partial charge in [0.1, 0.15) is 19.8 Å². The maximum Gasteiger partial charge on any atom is 0.335 e. The molecule has 0 aromatic heterocycles. The van der Waals surface area contributed by atoms with E-state index in [-0.39, 0.29) is 18.8 Å². The van der Waals surface area contributed by atoms with E-state index in [0.29, 0.717) is 23.9 Å². The summed E-state index contributed by atoms with van der Waals surface area (Å²) in [5, 5.41) is 9.47. The molecular weight excluding hydrogens is 368 g/mol. The molecule has 0 fully saturated rings. The zero-order chi connectivity index (χ0) is 20.5. The van der Waals surface area contributed by atoms with E-state index in [4.69, 9.17) is 14.2 Å². The normalized spacial score (nSPS) is 10.2. The largest absolute Gasteiger partial charge is 0.485 e. The van der Waals surface area contributed by atoms with Crippen molar-refractivity contribution < 1.29 is 24.1 Å². The molecule has 1 N–H and O–H groups in total. The van der Waals surface area contributed by atoms with Gasteiger partial charge in [0.2, 0.25) is 5.75 Å². The molecule has 0 amide bonds. The Labute approximate surface area is 169 Å². The van der Waals surface area contributed by atoms with E-state index in [1.54, 1.807) is 6.08 Å². The third kappa shape index (κ3) is 5.62. The molecule has 3 aromatic rings. The molecule has 0 aliphatic heterocycles. The van der Waals surface area contributed by atoms with Gasteiger partial charge in [0.05, 0.1) is 5.56 Å². The SMILES string of the molecule is C=CCOc1cc(C(=O)O)cc(OCc2ccccc2)c1OCc1ccccc1. The van der Waals surface area contributed by atoms with E-state index in [2.05, 4.69) is 6.58 Å². The first-order chi connectivity index (χ1) is 14.2. The first kappa shape index (κ1) is 20.0. The summed E-state index contributed by atoms with van der Waals surface area (Å²) in [4.78, 5) is 11.6. The molecule has 5 heteroatoms. The molecule has 0 aliphatic rings. The lowest BCUT2D eigenvalue weighted by atomic mass is 10.1. The fourth-order valence-electron chi connectivity index (χ4n) is 2.67. The molecule has 5 nitrogen and oxygen atoms in total. The highest BCUT2D eigenvalue weighted by molar-refractivity contribution is 5.89. The summed E-state index contributed by atoms with van der Waals surface area (Å²) in [5.74, 6) is -0.114. The van der Waals surface area contributed by atoms with Crippen LogP contribution in [0.1, 0.15) is 21.5 Å². The minimum absolute atomic E-state index is 0.0548. The molecular formula is C24H22O5. The molecule has 29 heavy (non-hydrogen) atoms. The smallest absolute Gasteiger partial charge is 0.335 e. The van der Waals surface area contributed by atoms with Crippen LogP contribution in [-0.2, 0) is 13.2 Å². The predicted octanol–water partition coefficient (Wildman–Crippen LogP) is 5.11. The van der Waals surface area contributed by atoms with Crippen molar-refractivity contribution in [3.63, 3.8) is 0 Å². The fourth-order valence-corrected chi connectivity index (χ4v) is 2.67. The first-order valence-electron chi connectivity index (χ1n) is 9.16. The summed E-state index contributed by atoms with van der Waals surface area (Å²) in [6.45, 7) is 4.41. The lowest BCUT2D eigenvalue weighted by molar-refractivity contribution is 0.0695. The molecule has 0 aliphatic carbocycles. The monoisotopic (exact) mass is 390 g/mol. The molecule has 3 aromatic carbocycles. The van der Waals surface area contributed by atoms with Gasteiger partial charge in [-0.1, -0.05) is 73.3 Å². The Morgan fingerprint density at radius 2 is 1.34 bits per heavy atom. The second-order valence-electron chi connectivity index (χ2n) is 6.26. The van der Waals surface area contributed by atoms with E-state index >= 15 is 0 Å². The van der Waals surface area contributed by atoms with Crippen molar-refractivity contribution in [1.29, 1.82) is 0 Å². The average molecular weight is 390 g/mol. The van der Waals surface area contributed by atoms with Gasteiger partial charge in [0.25, 0.3) is 0 Å². The van der Waals surface area contributed by atoms with Crippen molar-refractivity contribution in [2.75, 3.05) is 6.61 Å². The Morgan fingerprint density at radius 3 is 1.86 bits per heavy atom. The van der Waals surface area contributed by atoms with Gasteiger partial charge in [-0.05, 0) is 23.3 Å². The summed E-state index contributed by atoms with van der Waals surface area (Å²) < 4.78 is 17.6. The zero-order valence-electron chi connectivity index (χ0n) is 15.9. The van der Waals surface area contributed by atoms with Gasteiger partial charge in [-0.3, -0.25) is 0 Å². The maximum absolute atomic E-state index is 11.6. The van der Waals surface area contributed by atoms with Crippen molar-refractivity contribution in [2.24, 2.45) is 0 Å². The van der Waals surface area contributed by atoms with E-state index in [9.17, 15) is 9.90 Å². The van der Waals surface area contributed by atoms with Gasteiger partial charge < -0.3 is 19.3 Å². The van der Waals surface area contributed by atoms with Crippen molar-refractivity contribution in [2.45, 2.75) is 13.2 Å². The number of rotatable bonds is 10. The van der Waals surface area contributed by atoms with Crippen LogP contribution in [0.4, 0.5) is 0 Å². The van der Waals surface area contributed by atoms with Crippen LogP contribution in [0, 0.1) is 0 Å². The van der Waals surface area contributed by atoms with Gasteiger partial charge in [0, 0.05) is 0 Å². The van der Waals surface area contributed by atoms with Crippen LogP contribution in [-0.4, -0.2) is 17.7 Å². The second-order valence-corrected chi connectivity index (χ2v) is 6.26. The van der Waals surface area contributed by atoms with E-state index < -0.39 is 5.97 Å². The maximum atomic E-state index is 11.6. The van der Waals surface area contributed by atoms with Crippen LogP contribution in [0.15, 0.2) is 85.5 Å². The minimum atomic E-state index is -1.08. The van der Waals surface area contributed by atoms with E-state index in [1.807, 2.05) is 60.7 Å². The van der Waals surface area contributed by atoms with Gasteiger partial charge in [0.15, 0.2) is 11.5 Å². The van der Waals surface area contributed by atoms with Crippen LogP contribution < -0.4 is 14.2 Å². The standard InChI is InChI=1S/C24H22O5/c1-2-13-27-21-14-20(24(25)26)15-22(28-16-18-9-5-3-6-10-18)23(21)29-17-19-11-7-4-8-12-19/h2-12,14-15H,1,13,16-17H2,(H,25,26). The molecule has 0 saturated heterocycles. The quantitative estimate of drug-likeness (QED) is 0.488. The molecule has 0 atom stereocenters. The van der Waals surface area contributed by atoms with Crippen LogP contribution >= 0.6 is 0 Å². The Morgan fingerprint density at radius 1 is 0.828 bits per heavy atom. The molecule has 0 saturated carbocycles. The van der Waals surface area contributed by atoms with E-state index in [0.717, 1.165) is 11.1 Å². The molecule has 0 heterocycles. The highest BCUT2D eigenvalue weighted by atomic mass is 16.5. The van der Waals surface area contributed by atoms with Gasteiger partial charge >= 0.3 is 5.97 Å². The Kier molecular flexibility index (Phi) is 6.90. The highest BCUT2D eigenvalue weighted by Crippen LogP contribution is 2.40. The zero-order valence-corrected chi connectivity index (χ0v) is 15.9. The van der Waals surface area contributed by atoms with Crippen LogP contribution in [0.5, 0.6) is 17.2 Å². The number of hydrogen-bond acceptors (Lipinski definition) is 4. The molecule has 0 bridgehead atoms.